The molecule has 1 aromatic carbocycles. The summed E-state index contributed by atoms with van der Waals surface area (Å²) in [4.78, 5) is 12.1. The lowest BCUT2D eigenvalue weighted by Gasteiger charge is -2.30. The quantitative estimate of drug-likeness (QED) is 0.866. The number of piperidine rings is 1. The molecule has 0 saturated carbocycles. The van der Waals surface area contributed by atoms with Gasteiger partial charge >= 0.3 is 0 Å². The van der Waals surface area contributed by atoms with Crippen LogP contribution in [0.1, 0.15) is 38.7 Å². The van der Waals surface area contributed by atoms with Gasteiger partial charge in [0, 0.05) is 18.5 Å². The minimum atomic E-state index is 0.166. The minimum absolute atomic E-state index is 0.166. The molecule has 2 rings (SSSR count). The van der Waals surface area contributed by atoms with E-state index in [4.69, 9.17) is 0 Å². The molecule has 0 aliphatic carbocycles. The molecule has 3 atom stereocenters. The predicted octanol–water partition coefficient (Wildman–Crippen LogP) is 2.51. The Labute approximate surface area is 122 Å². The average Bonchev–Trinajstić information content (AvgIpc) is 2.42. The van der Waals surface area contributed by atoms with Crippen molar-refractivity contribution in [2.75, 3.05) is 6.54 Å². The Hall–Kier alpha value is -1.35. The monoisotopic (exact) mass is 274 g/mol. The molecule has 0 radical (unpaired) electrons. The zero-order chi connectivity index (χ0) is 14.4. The van der Waals surface area contributed by atoms with Crippen LogP contribution in [0.3, 0.4) is 0 Å². The second kappa shape index (κ2) is 7.44. The predicted molar refractivity (Wildman–Crippen MR) is 82.6 cm³/mol. The van der Waals surface area contributed by atoms with E-state index < -0.39 is 0 Å². The van der Waals surface area contributed by atoms with E-state index in [-0.39, 0.29) is 11.9 Å². The normalized spacial score (nSPS) is 24.1. The lowest BCUT2D eigenvalue weighted by molar-refractivity contribution is -0.122. The topological polar surface area (TPSA) is 41.1 Å². The number of amides is 1. The van der Waals surface area contributed by atoms with Crippen LogP contribution in [0.15, 0.2) is 30.3 Å². The van der Waals surface area contributed by atoms with Gasteiger partial charge in [-0.25, -0.2) is 0 Å². The Morgan fingerprint density at radius 3 is 2.85 bits per heavy atom. The smallest absolute Gasteiger partial charge is 0.221 e. The molecule has 1 aromatic rings. The van der Waals surface area contributed by atoms with Gasteiger partial charge in [-0.3, -0.25) is 4.79 Å². The number of rotatable bonds is 5. The molecule has 1 amide bonds. The van der Waals surface area contributed by atoms with Crippen molar-refractivity contribution in [3.8, 4) is 0 Å². The molecule has 0 aromatic heterocycles. The maximum Gasteiger partial charge on any atom is 0.221 e. The van der Waals surface area contributed by atoms with Crippen LogP contribution in [-0.2, 0) is 11.2 Å². The van der Waals surface area contributed by atoms with Crippen LogP contribution in [0.2, 0.25) is 0 Å². The van der Waals surface area contributed by atoms with Crippen molar-refractivity contribution in [1.82, 2.24) is 10.6 Å². The maximum absolute atomic E-state index is 12.1. The highest BCUT2D eigenvalue weighted by Gasteiger charge is 2.23. The largest absolute Gasteiger partial charge is 0.353 e. The SMILES string of the molecule is CC(Cc1ccccc1)NC(=O)CC1NCCCC1C. The molecule has 1 aliphatic rings. The number of carbonyl (C=O) groups excluding carboxylic acids is 1. The van der Waals surface area contributed by atoms with Gasteiger partial charge in [0.1, 0.15) is 0 Å². The molecule has 1 heterocycles. The van der Waals surface area contributed by atoms with E-state index in [2.05, 4.69) is 36.6 Å². The summed E-state index contributed by atoms with van der Waals surface area (Å²) in [5.41, 5.74) is 1.27. The highest BCUT2D eigenvalue weighted by molar-refractivity contribution is 5.77. The zero-order valence-electron chi connectivity index (χ0n) is 12.6. The van der Waals surface area contributed by atoms with Crippen LogP contribution in [0, 0.1) is 5.92 Å². The van der Waals surface area contributed by atoms with Gasteiger partial charge in [-0.05, 0) is 44.2 Å². The Bertz CT molecular complexity index is 418. The van der Waals surface area contributed by atoms with Gasteiger partial charge in [0.05, 0.1) is 0 Å². The fourth-order valence-electron chi connectivity index (χ4n) is 2.94. The highest BCUT2D eigenvalue weighted by Crippen LogP contribution is 2.17. The summed E-state index contributed by atoms with van der Waals surface area (Å²) in [6.45, 7) is 5.35. The molecule has 3 nitrogen and oxygen atoms in total. The fraction of sp³-hybridized carbons (Fsp3) is 0.588. The van der Waals surface area contributed by atoms with Crippen LogP contribution in [-0.4, -0.2) is 24.5 Å². The summed E-state index contributed by atoms with van der Waals surface area (Å²) in [7, 11) is 0. The van der Waals surface area contributed by atoms with Crippen molar-refractivity contribution >= 4 is 5.91 Å². The summed E-state index contributed by atoms with van der Waals surface area (Å²) in [5, 5.41) is 6.58. The molecule has 0 spiro atoms. The molecular weight excluding hydrogens is 248 g/mol. The molecule has 1 saturated heterocycles. The third-order valence-electron chi connectivity index (χ3n) is 4.13. The Kier molecular flexibility index (Phi) is 5.60. The van der Waals surface area contributed by atoms with Gasteiger partial charge in [-0.2, -0.15) is 0 Å². The van der Waals surface area contributed by atoms with E-state index in [0.29, 0.717) is 18.4 Å². The first-order chi connectivity index (χ1) is 9.65. The van der Waals surface area contributed by atoms with Crippen molar-refractivity contribution < 1.29 is 4.79 Å². The molecule has 1 fully saturated rings. The second-order valence-corrected chi connectivity index (χ2v) is 6.04. The number of hydrogen-bond acceptors (Lipinski definition) is 2. The van der Waals surface area contributed by atoms with E-state index in [9.17, 15) is 4.79 Å². The standard InChI is InChI=1S/C17H26N2O/c1-13-7-6-10-18-16(13)12-17(20)19-14(2)11-15-8-4-3-5-9-15/h3-5,8-9,13-14,16,18H,6-7,10-12H2,1-2H3,(H,19,20). The van der Waals surface area contributed by atoms with Crippen molar-refractivity contribution in [3.05, 3.63) is 35.9 Å². The minimum Gasteiger partial charge on any atom is -0.353 e. The molecule has 3 heteroatoms. The summed E-state index contributed by atoms with van der Waals surface area (Å²) < 4.78 is 0. The molecule has 2 N–H and O–H groups in total. The number of nitrogens with one attached hydrogen (secondary N) is 2. The third-order valence-corrected chi connectivity index (χ3v) is 4.13. The van der Waals surface area contributed by atoms with Gasteiger partial charge in [0.2, 0.25) is 5.91 Å². The second-order valence-electron chi connectivity index (χ2n) is 6.04. The number of carbonyl (C=O) groups is 1. The molecule has 110 valence electrons. The zero-order valence-corrected chi connectivity index (χ0v) is 12.6. The van der Waals surface area contributed by atoms with Crippen molar-refractivity contribution in [3.63, 3.8) is 0 Å². The Morgan fingerprint density at radius 2 is 2.15 bits per heavy atom. The van der Waals surface area contributed by atoms with Crippen LogP contribution < -0.4 is 10.6 Å². The summed E-state index contributed by atoms with van der Waals surface area (Å²) in [6.07, 6.45) is 3.94. The number of hydrogen-bond donors (Lipinski definition) is 2. The van der Waals surface area contributed by atoms with Crippen molar-refractivity contribution in [1.29, 1.82) is 0 Å². The summed E-state index contributed by atoms with van der Waals surface area (Å²) in [5.74, 6) is 0.763. The van der Waals surface area contributed by atoms with Gasteiger partial charge in [0.15, 0.2) is 0 Å². The first-order valence-corrected chi connectivity index (χ1v) is 7.72. The van der Waals surface area contributed by atoms with E-state index in [1.165, 1.54) is 18.4 Å². The lowest BCUT2D eigenvalue weighted by atomic mass is 9.90. The van der Waals surface area contributed by atoms with Gasteiger partial charge < -0.3 is 10.6 Å². The van der Waals surface area contributed by atoms with E-state index in [1.807, 2.05) is 18.2 Å². The first-order valence-electron chi connectivity index (χ1n) is 7.72. The van der Waals surface area contributed by atoms with Crippen LogP contribution in [0.5, 0.6) is 0 Å². The summed E-state index contributed by atoms with van der Waals surface area (Å²) in [6, 6.07) is 10.8. The molecule has 1 aliphatic heterocycles. The average molecular weight is 274 g/mol. The van der Waals surface area contributed by atoms with E-state index in [1.54, 1.807) is 0 Å². The first kappa shape index (κ1) is 15.0. The van der Waals surface area contributed by atoms with Crippen LogP contribution >= 0.6 is 0 Å². The van der Waals surface area contributed by atoms with Crippen LogP contribution in [0.25, 0.3) is 0 Å². The van der Waals surface area contributed by atoms with Gasteiger partial charge in [0.25, 0.3) is 0 Å². The van der Waals surface area contributed by atoms with E-state index in [0.717, 1.165) is 13.0 Å². The molecular formula is C17H26N2O. The van der Waals surface area contributed by atoms with Gasteiger partial charge in [-0.1, -0.05) is 37.3 Å². The molecule has 3 unspecified atom stereocenters. The van der Waals surface area contributed by atoms with Crippen LogP contribution in [0.4, 0.5) is 0 Å². The Balaban J connectivity index is 1.76. The van der Waals surface area contributed by atoms with Crippen molar-refractivity contribution in [2.24, 2.45) is 5.92 Å². The Morgan fingerprint density at radius 1 is 1.40 bits per heavy atom. The van der Waals surface area contributed by atoms with Gasteiger partial charge in [-0.15, -0.1) is 0 Å². The number of benzene rings is 1. The highest BCUT2D eigenvalue weighted by atomic mass is 16.1. The molecule has 0 bridgehead atoms. The van der Waals surface area contributed by atoms with Crippen molar-refractivity contribution in [2.45, 2.75) is 51.6 Å². The summed E-state index contributed by atoms with van der Waals surface area (Å²) >= 11 is 0. The van der Waals surface area contributed by atoms with E-state index >= 15 is 0 Å². The third kappa shape index (κ3) is 4.64. The fourth-order valence-corrected chi connectivity index (χ4v) is 2.94. The molecule has 20 heavy (non-hydrogen) atoms. The lowest BCUT2D eigenvalue weighted by Crippen LogP contribution is -2.45. The maximum atomic E-state index is 12.1.